The van der Waals surface area contributed by atoms with E-state index in [0.717, 1.165) is 23.1 Å². The smallest absolute Gasteiger partial charge is 0.0257 e. The molecule has 0 N–H and O–H groups in total. The molecular formula is C8H13Cl. The fraction of sp³-hybridized carbons (Fsp3) is 1.00. The highest BCUT2D eigenvalue weighted by molar-refractivity contribution is 6.18. The minimum absolute atomic E-state index is 0.779. The Morgan fingerprint density at radius 1 is 1.44 bits per heavy atom. The lowest BCUT2D eigenvalue weighted by atomic mass is 9.72. The average Bonchev–Trinajstić information content (AvgIpc) is 2.41. The molecule has 2 aliphatic carbocycles. The van der Waals surface area contributed by atoms with Crippen LogP contribution in [0.1, 0.15) is 26.2 Å². The van der Waals surface area contributed by atoms with Gasteiger partial charge in [0, 0.05) is 5.88 Å². The van der Waals surface area contributed by atoms with Gasteiger partial charge in [-0.2, -0.15) is 0 Å². The van der Waals surface area contributed by atoms with Crippen LogP contribution >= 0.6 is 11.6 Å². The van der Waals surface area contributed by atoms with E-state index < -0.39 is 0 Å². The molecule has 52 valence electrons. The molecule has 0 aliphatic heterocycles. The van der Waals surface area contributed by atoms with E-state index in [0.29, 0.717) is 0 Å². The highest BCUT2D eigenvalue weighted by atomic mass is 35.5. The summed E-state index contributed by atoms with van der Waals surface area (Å²) in [6, 6.07) is 0. The fourth-order valence-corrected chi connectivity index (χ4v) is 2.91. The second-order valence-electron chi connectivity index (χ2n) is 3.93. The lowest BCUT2D eigenvalue weighted by Gasteiger charge is -2.34. The Morgan fingerprint density at radius 2 is 2.11 bits per heavy atom. The predicted molar refractivity (Wildman–Crippen MR) is 39.7 cm³/mol. The lowest BCUT2D eigenvalue weighted by molar-refractivity contribution is 0.170. The van der Waals surface area contributed by atoms with E-state index in [1.54, 1.807) is 0 Å². The third kappa shape index (κ3) is 0.724. The van der Waals surface area contributed by atoms with Gasteiger partial charge in [-0.15, -0.1) is 11.6 Å². The molecule has 2 aliphatic rings. The van der Waals surface area contributed by atoms with Gasteiger partial charge in [-0.25, -0.2) is 0 Å². The molecule has 1 spiro atoms. The molecule has 0 radical (unpaired) electrons. The van der Waals surface area contributed by atoms with Gasteiger partial charge < -0.3 is 0 Å². The molecule has 0 aromatic heterocycles. The normalized spacial score (nSPS) is 55.3. The first-order valence-electron chi connectivity index (χ1n) is 3.83. The van der Waals surface area contributed by atoms with Gasteiger partial charge in [0.05, 0.1) is 0 Å². The summed E-state index contributed by atoms with van der Waals surface area (Å²) >= 11 is 5.74. The van der Waals surface area contributed by atoms with Crippen LogP contribution < -0.4 is 0 Å². The van der Waals surface area contributed by atoms with E-state index >= 15 is 0 Å². The zero-order valence-corrected chi connectivity index (χ0v) is 6.62. The SMILES string of the molecule is CC1CC2(C1)CC2CCl. The third-order valence-corrected chi connectivity index (χ3v) is 3.43. The highest BCUT2D eigenvalue weighted by Gasteiger charge is 2.59. The number of alkyl halides is 1. The minimum atomic E-state index is 0.779. The summed E-state index contributed by atoms with van der Waals surface area (Å²) in [5.74, 6) is 2.81. The van der Waals surface area contributed by atoms with E-state index in [1.165, 1.54) is 19.3 Å². The maximum Gasteiger partial charge on any atom is 0.0257 e. The summed E-state index contributed by atoms with van der Waals surface area (Å²) in [4.78, 5) is 0. The maximum atomic E-state index is 5.74. The molecule has 1 unspecified atom stereocenters. The zero-order chi connectivity index (χ0) is 6.48. The van der Waals surface area contributed by atoms with Crippen LogP contribution in [-0.4, -0.2) is 5.88 Å². The van der Waals surface area contributed by atoms with E-state index in [-0.39, 0.29) is 0 Å². The first kappa shape index (κ1) is 6.03. The third-order valence-electron chi connectivity index (χ3n) is 3.06. The van der Waals surface area contributed by atoms with Crippen LogP contribution in [0.25, 0.3) is 0 Å². The van der Waals surface area contributed by atoms with Gasteiger partial charge in [0.25, 0.3) is 0 Å². The summed E-state index contributed by atoms with van der Waals surface area (Å²) in [7, 11) is 0. The monoisotopic (exact) mass is 144 g/mol. The topological polar surface area (TPSA) is 0 Å². The van der Waals surface area contributed by atoms with Crippen molar-refractivity contribution in [3.05, 3.63) is 0 Å². The molecule has 9 heavy (non-hydrogen) atoms. The van der Waals surface area contributed by atoms with Gasteiger partial charge >= 0.3 is 0 Å². The Kier molecular flexibility index (Phi) is 1.11. The standard InChI is InChI=1S/C8H13Cl/c1-6-2-8(3-6)4-7(8)5-9/h6-7H,2-5H2,1H3. The molecule has 2 saturated carbocycles. The Balaban J connectivity index is 1.89. The van der Waals surface area contributed by atoms with Gasteiger partial charge in [-0.3, -0.25) is 0 Å². The van der Waals surface area contributed by atoms with Crippen molar-refractivity contribution in [1.82, 2.24) is 0 Å². The average molecular weight is 145 g/mol. The second kappa shape index (κ2) is 1.66. The first-order chi connectivity index (χ1) is 4.27. The maximum absolute atomic E-state index is 5.74. The Morgan fingerprint density at radius 3 is 2.44 bits per heavy atom. The molecule has 0 saturated heterocycles. The van der Waals surface area contributed by atoms with Gasteiger partial charge in [-0.05, 0) is 36.5 Å². The van der Waals surface area contributed by atoms with Crippen molar-refractivity contribution >= 4 is 11.6 Å². The Bertz CT molecular complexity index is 125. The number of hydrogen-bond acceptors (Lipinski definition) is 0. The van der Waals surface area contributed by atoms with Gasteiger partial charge in [-0.1, -0.05) is 6.92 Å². The van der Waals surface area contributed by atoms with Crippen molar-refractivity contribution in [2.75, 3.05) is 5.88 Å². The molecule has 2 rings (SSSR count). The van der Waals surface area contributed by atoms with Crippen molar-refractivity contribution in [2.45, 2.75) is 26.2 Å². The van der Waals surface area contributed by atoms with E-state index in [9.17, 15) is 0 Å². The van der Waals surface area contributed by atoms with Gasteiger partial charge in [0.2, 0.25) is 0 Å². The van der Waals surface area contributed by atoms with Gasteiger partial charge in [0.15, 0.2) is 0 Å². The highest BCUT2D eigenvalue weighted by Crippen LogP contribution is 2.67. The van der Waals surface area contributed by atoms with Crippen LogP contribution in [-0.2, 0) is 0 Å². The molecule has 0 heterocycles. The van der Waals surface area contributed by atoms with Crippen molar-refractivity contribution in [3.8, 4) is 0 Å². The van der Waals surface area contributed by atoms with Crippen LogP contribution in [0.15, 0.2) is 0 Å². The van der Waals surface area contributed by atoms with Crippen LogP contribution in [0, 0.1) is 17.3 Å². The largest absolute Gasteiger partial charge is 0.126 e. The van der Waals surface area contributed by atoms with Crippen LogP contribution in [0.2, 0.25) is 0 Å². The summed E-state index contributed by atoms with van der Waals surface area (Å²) in [5, 5.41) is 0. The molecule has 0 nitrogen and oxygen atoms in total. The second-order valence-corrected chi connectivity index (χ2v) is 4.24. The summed E-state index contributed by atoms with van der Waals surface area (Å²) in [6.07, 6.45) is 4.36. The zero-order valence-electron chi connectivity index (χ0n) is 5.86. The minimum Gasteiger partial charge on any atom is -0.126 e. The van der Waals surface area contributed by atoms with Crippen molar-refractivity contribution in [2.24, 2.45) is 17.3 Å². The van der Waals surface area contributed by atoms with Gasteiger partial charge in [0.1, 0.15) is 0 Å². The van der Waals surface area contributed by atoms with E-state index in [4.69, 9.17) is 11.6 Å². The molecular weight excluding hydrogens is 132 g/mol. The predicted octanol–water partition coefficient (Wildman–Crippen LogP) is 2.66. The molecule has 1 atom stereocenters. The molecule has 0 bridgehead atoms. The Labute approximate surface area is 61.6 Å². The summed E-state index contributed by atoms with van der Waals surface area (Å²) < 4.78 is 0. The van der Waals surface area contributed by atoms with Crippen molar-refractivity contribution in [3.63, 3.8) is 0 Å². The molecule has 0 aromatic rings. The molecule has 0 amide bonds. The molecule has 0 aromatic carbocycles. The Hall–Kier alpha value is 0.290. The summed E-state index contributed by atoms with van der Waals surface area (Å²) in [6.45, 7) is 2.34. The van der Waals surface area contributed by atoms with E-state index in [1.807, 2.05) is 0 Å². The molecule has 1 heteroatoms. The van der Waals surface area contributed by atoms with Crippen LogP contribution in [0.3, 0.4) is 0 Å². The summed E-state index contributed by atoms with van der Waals surface area (Å²) in [5.41, 5.74) is 0.779. The van der Waals surface area contributed by atoms with Crippen molar-refractivity contribution < 1.29 is 0 Å². The number of hydrogen-bond donors (Lipinski definition) is 0. The van der Waals surface area contributed by atoms with Crippen LogP contribution in [0.4, 0.5) is 0 Å². The number of rotatable bonds is 1. The first-order valence-corrected chi connectivity index (χ1v) is 4.36. The van der Waals surface area contributed by atoms with Crippen molar-refractivity contribution in [1.29, 1.82) is 0 Å². The van der Waals surface area contributed by atoms with E-state index in [2.05, 4.69) is 6.92 Å². The number of halogens is 1. The molecule has 2 fully saturated rings. The lowest BCUT2D eigenvalue weighted by Crippen LogP contribution is -2.24. The van der Waals surface area contributed by atoms with Crippen LogP contribution in [0.5, 0.6) is 0 Å². The quantitative estimate of drug-likeness (QED) is 0.497. The fourth-order valence-electron chi connectivity index (χ4n) is 2.48.